The van der Waals surface area contributed by atoms with Crippen LogP contribution in [0.1, 0.15) is 22.7 Å². The molecule has 4 rings (SSSR count). The van der Waals surface area contributed by atoms with Crippen LogP contribution in [0.25, 0.3) is 5.76 Å². The highest BCUT2D eigenvalue weighted by Crippen LogP contribution is 2.43. The normalized spacial score (nSPS) is 17.2. The highest BCUT2D eigenvalue weighted by atomic mass is 35.5. The monoisotopic (exact) mass is 476 g/mol. The Labute approximate surface area is 203 Å². The fourth-order valence-corrected chi connectivity index (χ4v) is 4.24. The van der Waals surface area contributed by atoms with Gasteiger partial charge in [0.2, 0.25) is 0 Å². The van der Waals surface area contributed by atoms with E-state index in [1.807, 2.05) is 62.3 Å². The maximum Gasteiger partial charge on any atom is 0.300 e. The van der Waals surface area contributed by atoms with Crippen molar-refractivity contribution in [3.8, 4) is 5.75 Å². The Morgan fingerprint density at radius 2 is 1.65 bits per heavy atom. The van der Waals surface area contributed by atoms with Crippen LogP contribution >= 0.6 is 11.6 Å². The first-order valence-electron chi connectivity index (χ1n) is 10.7. The zero-order valence-electron chi connectivity index (χ0n) is 19.4. The summed E-state index contributed by atoms with van der Waals surface area (Å²) in [5.74, 6) is -1.38. The summed E-state index contributed by atoms with van der Waals surface area (Å²) >= 11 is 6.37. The highest BCUT2D eigenvalue weighted by molar-refractivity contribution is 6.52. The van der Waals surface area contributed by atoms with Crippen molar-refractivity contribution in [1.82, 2.24) is 0 Å². The zero-order valence-corrected chi connectivity index (χ0v) is 20.1. The average Bonchev–Trinajstić information content (AvgIpc) is 3.10. The minimum atomic E-state index is -0.832. The molecule has 1 aliphatic rings. The molecule has 0 aromatic heterocycles. The van der Waals surface area contributed by atoms with Gasteiger partial charge in [-0.1, -0.05) is 41.4 Å². The van der Waals surface area contributed by atoms with Crippen LogP contribution in [0.4, 0.5) is 11.4 Å². The van der Waals surface area contributed by atoms with Crippen LogP contribution in [0.2, 0.25) is 5.02 Å². The lowest BCUT2D eigenvalue weighted by molar-refractivity contribution is -0.132. The van der Waals surface area contributed by atoms with Crippen molar-refractivity contribution < 1.29 is 19.4 Å². The Kier molecular flexibility index (Phi) is 6.35. The van der Waals surface area contributed by atoms with Gasteiger partial charge in [0.25, 0.3) is 11.7 Å². The molecule has 174 valence electrons. The van der Waals surface area contributed by atoms with E-state index in [1.54, 1.807) is 30.3 Å². The molecule has 6 nitrogen and oxygen atoms in total. The number of aryl methyl sites for hydroxylation is 1. The average molecular weight is 477 g/mol. The lowest BCUT2D eigenvalue weighted by Crippen LogP contribution is -2.29. The summed E-state index contributed by atoms with van der Waals surface area (Å²) in [5, 5.41) is 11.6. The first kappa shape index (κ1) is 23.4. The van der Waals surface area contributed by atoms with Crippen molar-refractivity contribution in [1.29, 1.82) is 0 Å². The third-order valence-corrected chi connectivity index (χ3v) is 6.24. The number of nitrogens with zero attached hydrogens (tertiary/aromatic N) is 2. The predicted molar refractivity (Wildman–Crippen MR) is 135 cm³/mol. The number of amides is 1. The first-order chi connectivity index (χ1) is 16.2. The zero-order chi connectivity index (χ0) is 24.6. The van der Waals surface area contributed by atoms with E-state index in [1.165, 1.54) is 12.0 Å². The number of ether oxygens (including phenoxy) is 1. The van der Waals surface area contributed by atoms with Crippen molar-refractivity contribution >= 4 is 40.4 Å². The summed E-state index contributed by atoms with van der Waals surface area (Å²) < 4.78 is 5.26. The Morgan fingerprint density at radius 1 is 1.00 bits per heavy atom. The number of hydrogen-bond donors (Lipinski definition) is 1. The van der Waals surface area contributed by atoms with E-state index in [9.17, 15) is 14.7 Å². The third kappa shape index (κ3) is 4.13. The second-order valence-electron chi connectivity index (χ2n) is 8.34. The van der Waals surface area contributed by atoms with E-state index in [0.717, 1.165) is 11.3 Å². The number of halogens is 1. The van der Waals surface area contributed by atoms with E-state index in [2.05, 4.69) is 0 Å². The van der Waals surface area contributed by atoms with Gasteiger partial charge in [0.05, 0.1) is 23.7 Å². The van der Waals surface area contributed by atoms with E-state index in [-0.39, 0.29) is 21.9 Å². The van der Waals surface area contributed by atoms with E-state index >= 15 is 0 Å². The minimum absolute atomic E-state index is 0.0293. The minimum Gasteiger partial charge on any atom is -0.507 e. The van der Waals surface area contributed by atoms with Gasteiger partial charge >= 0.3 is 0 Å². The Hall–Kier alpha value is -3.77. The van der Waals surface area contributed by atoms with Crippen LogP contribution < -0.4 is 14.5 Å². The van der Waals surface area contributed by atoms with Gasteiger partial charge in [-0.25, -0.2) is 0 Å². The molecular formula is C27H25ClN2O4. The van der Waals surface area contributed by atoms with Gasteiger partial charge < -0.3 is 14.7 Å². The molecule has 7 heteroatoms. The molecule has 0 radical (unpaired) electrons. The lowest BCUT2D eigenvalue weighted by Gasteiger charge is -2.26. The van der Waals surface area contributed by atoms with Crippen molar-refractivity contribution in [3.63, 3.8) is 0 Å². The topological polar surface area (TPSA) is 70.1 Å². The molecule has 0 aliphatic carbocycles. The quantitative estimate of drug-likeness (QED) is 0.305. The van der Waals surface area contributed by atoms with Gasteiger partial charge in [-0.15, -0.1) is 0 Å². The molecule has 0 bridgehead atoms. The SMILES string of the molecule is COc1ccc(Cl)c(/C(O)=C2\C(=O)C(=O)N(c3ccc(C)cc3)C2c2ccc(N(C)C)cc2)c1. The molecule has 34 heavy (non-hydrogen) atoms. The molecule has 3 aromatic rings. The number of benzene rings is 3. The van der Waals surface area contributed by atoms with Gasteiger partial charge in [-0.05, 0) is 55.0 Å². The number of anilines is 2. The number of aliphatic hydroxyl groups excluding tert-OH is 1. The largest absolute Gasteiger partial charge is 0.507 e. The van der Waals surface area contributed by atoms with E-state index in [0.29, 0.717) is 17.0 Å². The van der Waals surface area contributed by atoms with Crippen molar-refractivity contribution in [2.45, 2.75) is 13.0 Å². The van der Waals surface area contributed by atoms with E-state index in [4.69, 9.17) is 16.3 Å². The van der Waals surface area contributed by atoms with Gasteiger partial charge in [0.1, 0.15) is 11.5 Å². The maximum atomic E-state index is 13.3. The Bertz CT molecular complexity index is 1280. The fourth-order valence-electron chi connectivity index (χ4n) is 4.03. The number of ketones is 1. The lowest BCUT2D eigenvalue weighted by atomic mass is 9.94. The molecule has 1 atom stereocenters. The Morgan fingerprint density at radius 3 is 2.24 bits per heavy atom. The fraction of sp³-hybridized carbons (Fsp3) is 0.185. The van der Waals surface area contributed by atoms with E-state index < -0.39 is 17.7 Å². The molecule has 1 unspecified atom stereocenters. The highest BCUT2D eigenvalue weighted by Gasteiger charge is 2.47. The van der Waals surface area contributed by atoms with Gasteiger partial charge in [0, 0.05) is 31.0 Å². The maximum absolute atomic E-state index is 13.3. The molecule has 1 amide bonds. The molecule has 1 N–H and O–H groups in total. The number of Topliss-reactive ketones (excluding diaryl/α,β-unsaturated/α-hetero) is 1. The van der Waals surface area contributed by atoms with Crippen molar-refractivity contribution in [2.24, 2.45) is 0 Å². The third-order valence-electron chi connectivity index (χ3n) is 5.91. The Balaban J connectivity index is 1.95. The number of methoxy groups -OCH3 is 1. The van der Waals surface area contributed by atoms with Crippen molar-refractivity contribution in [3.05, 3.63) is 94.0 Å². The molecule has 1 aliphatic heterocycles. The number of hydrogen-bond acceptors (Lipinski definition) is 5. The summed E-state index contributed by atoms with van der Waals surface area (Å²) in [5.41, 5.74) is 3.43. The van der Waals surface area contributed by atoms with Gasteiger partial charge in [0.15, 0.2) is 0 Å². The van der Waals surface area contributed by atoms with Crippen molar-refractivity contribution in [2.75, 3.05) is 31.0 Å². The van der Waals surface area contributed by atoms with Crippen LogP contribution in [0.3, 0.4) is 0 Å². The smallest absolute Gasteiger partial charge is 0.300 e. The summed E-state index contributed by atoms with van der Waals surface area (Å²) in [6.45, 7) is 1.94. The summed E-state index contributed by atoms with van der Waals surface area (Å²) in [6.07, 6.45) is 0. The molecule has 0 spiro atoms. The standard InChI is InChI=1S/C27H25ClN2O4/c1-16-5-9-19(10-6-16)30-24(17-7-11-18(12-8-17)29(2)3)23(26(32)27(30)33)25(31)21-15-20(34-4)13-14-22(21)28/h5-15,24,31H,1-4H3/b25-23+. The molecule has 1 heterocycles. The number of aliphatic hydroxyl groups is 1. The molecule has 0 saturated carbocycles. The number of rotatable bonds is 5. The molecule has 3 aromatic carbocycles. The second-order valence-corrected chi connectivity index (χ2v) is 8.74. The number of carbonyl (C=O) groups is 2. The first-order valence-corrected chi connectivity index (χ1v) is 11.1. The van der Waals surface area contributed by atoms with Crippen LogP contribution in [0.15, 0.2) is 72.3 Å². The summed E-state index contributed by atoms with van der Waals surface area (Å²) in [7, 11) is 5.35. The molecule has 1 fully saturated rings. The van der Waals surface area contributed by atoms with Crippen LogP contribution in [-0.2, 0) is 9.59 Å². The van der Waals surface area contributed by atoms with Crippen LogP contribution in [0.5, 0.6) is 5.75 Å². The second kappa shape index (κ2) is 9.23. The van der Waals surface area contributed by atoms with Gasteiger partial charge in [-0.3, -0.25) is 14.5 Å². The summed E-state index contributed by atoms with van der Waals surface area (Å²) in [6, 6.07) is 18.8. The molecular weight excluding hydrogens is 452 g/mol. The number of carbonyl (C=O) groups excluding carboxylic acids is 2. The van der Waals surface area contributed by atoms with Crippen LogP contribution in [-0.4, -0.2) is 38.0 Å². The van der Waals surface area contributed by atoms with Gasteiger partial charge in [-0.2, -0.15) is 0 Å². The molecule has 1 saturated heterocycles. The summed E-state index contributed by atoms with van der Waals surface area (Å²) in [4.78, 5) is 30.0. The predicted octanol–water partition coefficient (Wildman–Crippen LogP) is 5.35. The van der Waals surface area contributed by atoms with Crippen LogP contribution in [0, 0.1) is 6.92 Å².